The number of piperidine rings is 1. The zero-order valence-electron chi connectivity index (χ0n) is 10.8. The van der Waals surface area contributed by atoms with E-state index < -0.39 is 0 Å². The van der Waals surface area contributed by atoms with Crippen LogP contribution in [0.4, 0.5) is 0 Å². The molecule has 0 spiro atoms. The minimum absolute atomic E-state index is 0.708. The average molecular weight is 251 g/mol. The van der Waals surface area contributed by atoms with Crippen molar-refractivity contribution in [3.63, 3.8) is 0 Å². The summed E-state index contributed by atoms with van der Waals surface area (Å²) >= 11 is 0. The predicted molar refractivity (Wildman–Crippen MR) is 76.6 cm³/mol. The normalized spacial score (nSPS) is 26.2. The van der Waals surface area contributed by atoms with E-state index in [9.17, 15) is 0 Å². The fourth-order valence-corrected chi connectivity index (χ4v) is 3.39. The molecule has 2 atom stereocenters. The number of aromatic nitrogens is 2. The third-order valence-electron chi connectivity index (χ3n) is 4.26. The number of hydrogen-bond acceptors (Lipinski definition) is 3. The van der Waals surface area contributed by atoms with Gasteiger partial charge in [-0.15, -0.1) is 0 Å². The van der Waals surface area contributed by atoms with E-state index in [-0.39, 0.29) is 0 Å². The lowest BCUT2D eigenvalue weighted by atomic mass is 9.78. The van der Waals surface area contributed by atoms with Crippen LogP contribution in [-0.4, -0.2) is 23.1 Å². The lowest BCUT2D eigenvalue weighted by molar-refractivity contribution is 0.317. The molecule has 1 N–H and O–H groups in total. The van der Waals surface area contributed by atoms with Crippen molar-refractivity contribution in [3.8, 4) is 0 Å². The van der Waals surface area contributed by atoms with E-state index in [1.807, 2.05) is 0 Å². The Morgan fingerprint density at radius 3 is 2.84 bits per heavy atom. The lowest BCUT2D eigenvalue weighted by Gasteiger charge is -2.34. The van der Waals surface area contributed by atoms with Crippen LogP contribution in [0.2, 0.25) is 0 Å². The molecule has 1 aromatic heterocycles. The number of nitrogens with one attached hydrogen (secondary N) is 1. The molecule has 0 amide bonds. The van der Waals surface area contributed by atoms with Gasteiger partial charge in [0.1, 0.15) is 0 Å². The molecule has 3 nitrogen and oxygen atoms in total. The van der Waals surface area contributed by atoms with Crippen LogP contribution < -0.4 is 5.32 Å². The van der Waals surface area contributed by atoms with Gasteiger partial charge in [0.15, 0.2) is 0 Å². The van der Waals surface area contributed by atoms with Crippen LogP contribution in [0.3, 0.4) is 0 Å². The number of nitrogens with zero attached hydrogens (tertiary/aromatic N) is 2. The van der Waals surface area contributed by atoms with Gasteiger partial charge < -0.3 is 5.32 Å². The fourth-order valence-electron chi connectivity index (χ4n) is 3.39. The molecular formula is C16H17N3. The summed E-state index contributed by atoms with van der Waals surface area (Å²) in [5.74, 6) is 1.51. The van der Waals surface area contributed by atoms with Crippen molar-refractivity contribution in [2.75, 3.05) is 13.1 Å². The van der Waals surface area contributed by atoms with Crippen molar-refractivity contribution in [3.05, 3.63) is 42.2 Å². The Labute approximate surface area is 112 Å². The molecule has 1 aliphatic carbocycles. The van der Waals surface area contributed by atoms with Gasteiger partial charge in [0.2, 0.25) is 0 Å². The van der Waals surface area contributed by atoms with Crippen LogP contribution in [0.1, 0.15) is 18.4 Å². The highest BCUT2D eigenvalue weighted by Crippen LogP contribution is 2.35. The third-order valence-corrected chi connectivity index (χ3v) is 4.26. The first-order valence-electron chi connectivity index (χ1n) is 7.01. The largest absolute Gasteiger partial charge is 0.316 e. The van der Waals surface area contributed by atoms with Crippen LogP contribution in [0.5, 0.6) is 0 Å². The Hall–Kier alpha value is -1.74. The van der Waals surface area contributed by atoms with Gasteiger partial charge in [0, 0.05) is 18.9 Å². The summed E-state index contributed by atoms with van der Waals surface area (Å²) in [7, 11) is 0. The second-order valence-electron chi connectivity index (χ2n) is 5.68. The number of rotatable bonds is 1. The molecule has 2 bridgehead atoms. The molecule has 0 radical (unpaired) electrons. The fraction of sp³-hybridized carbons (Fsp3) is 0.375. The molecule has 96 valence electrons. The Bertz CT molecular complexity index is 647. The van der Waals surface area contributed by atoms with Gasteiger partial charge in [-0.2, -0.15) is 0 Å². The lowest BCUT2D eigenvalue weighted by Crippen LogP contribution is -2.37. The van der Waals surface area contributed by atoms with Gasteiger partial charge in [0.25, 0.3) is 0 Å². The van der Waals surface area contributed by atoms with E-state index in [0.29, 0.717) is 5.92 Å². The second kappa shape index (κ2) is 4.42. The molecule has 2 aromatic rings. The predicted octanol–water partition coefficient (Wildman–Crippen LogP) is 2.64. The minimum atomic E-state index is 0.708. The molecule has 4 rings (SSSR count). The van der Waals surface area contributed by atoms with Gasteiger partial charge in [-0.05, 0) is 54.5 Å². The number of benzene rings is 1. The highest BCUT2D eigenvalue weighted by atomic mass is 14.9. The molecule has 1 aromatic carbocycles. The first-order chi connectivity index (χ1) is 9.38. The maximum atomic E-state index is 4.41. The summed E-state index contributed by atoms with van der Waals surface area (Å²) in [5, 5.41) is 3.52. The highest BCUT2D eigenvalue weighted by Gasteiger charge is 2.26. The summed E-state index contributed by atoms with van der Waals surface area (Å²) < 4.78 is 0. The zero-order chi connectivity index (χ0) is 12.7. The molecule has 2 aliphatic rings. The first-order valence-corrected chi connectivity index (χ1v) is 7.01. The summed E-state index contributed by atoms with van der Waals surface area (Å²) in [6.45, 7) is 2.30. The Kier molecular flexibility index (Phi) is 2.59. The standard InChI is InChI=1S/C16H17N3/c1-2-15-16(19-4-3-18-15)8-13(1)14-6-11-5-12(7-14)10-17-9-11/h1-4,6,8,11-12,17H,5,7,9-10H2/t11-,12+/m1/s1. The van der Waals surface area contributed by atoms with Gasteiger partial charge in [-0.1, -0.05) is 12.1 Å². The van der Waals surface area contributed by atoms with Crippen LogP contribution in [-0.2, 0) is 0 Å². The van der Waals surface area contributed by atoms with Crippen LogP contribution in [0.15, 0.2) is 36.7 Å². The molecule has 0 unspecified atom stereocenters. The smallest absolute Gasteiger partial charge is 0.0892 e. The maximum absolute atomic E-state index is 4.41. The van der Waals surface area contributed by atoms with E-state index >= 15 is 0 Å². The molecule has 1 aliphatic heterocycles. The maximum Gasteiger partial charge on any atom is 0.0892 e. The van der Waals surface area contributed by atoms with Crippen LogP contribution >= 0.6 is 0 Å². The minimum Gasteiger partial charge on any atom is -0.316 e. The van der Waals surface area contributed by atoms with Crippen LogP contribution in [0.25, 0.3) is 16.6 Å². The quantitative estimate of drug-likeness (QED) is 0.846. The summed E-state index contributed by atoms with van der Waals surface area (Å²) in [5.41, 5.74) is 4.79. The molecule has 3 heteroatoms. The zero-order valence-corrected chi connectivity index (χ0v) is 10.8. The van der Waals surface area contributed by atoms with E-state index in [1.165, 1.54) is 30.5 Å². The molecular weight excluding hydrogens is 234 g/mol. The van der Waals surface area contributed by atoms with Crippen molar-refractivity contribution < 1.29 is 0 Å². The second-order valence-corrected chi connectivity index (χ2v) is 5.68. The van der Waals surface area contributed by atoms with E-state index in [4.69, 9.17) is 0 Å². The van der Waals surface area contributed by atoms with Crippen LogP contribution in [0, 0.1) is 11.8 Å². The van der Waals surface area contributed by atoms with Gasteiger partial charge in [0.05, 0.1) is 11.0 Å². The molecule has 1 saturated heterocycles. The Morgan fingerprint density at radius 1 is 1.05 bits per heavy atom. The Morgan fingerprint density at radius 2 is 1.95 bits per heavy atom. The van der Waals surface area contributed by atoms with Crippen molar-refractivity contribution in [2.24, 2.45) is 11.8 Å². The van der Waals surface area contributed by atoms with Crippen molar-refractivity contribution in [2.45, 2.75) is 12.8 Å². The highest BCUT2D eigenvalue weighted by molar-refractivity contribution is 5.80. The molecule has 0 saturated carbocycles. The van der Waals surface area contributed by atoms with Gasteiger partial charge >= 0.3 is 0 Å². The summed E-state index contributed by atoms with van der Waals surface area (Å²) in [6.07, 6.45) is 8.51. The number of allylic oxidation sites excluding steroid dienone is 1. The topological polar surface area (TPSA) is 37.8 Å². The molecule has 1 fully saturated rings. The summed E-state index contributed by atoms with van der Waals surface area (Å²) in [4.78, 5) is 8.74. The SMILES string of the molecule is C1=C(c2ccc3nccnc3c2)C[C@H]2CNC[C@@H]1C2. The van der Waals surface area contributed by atoms with Gasteiger partial charge in [-0.25, -0.2) is 0 Å². The number of fused-ring (bicyclic) bond motifs is 3. The van der Waals surface area contributed by atoms with Crippen molar-refractivity contribution in [1.29, 1.82) is 0 Å². The molecule has 19 heavy (non-hydrogen) atoms. The Balaban J connectivity index is 1.75. The number of hydrogen-bond donors (Lipinski definition) is 1. The van der Waals surface area contributed by atoms with Gasteiger partial charge in [-0.3, -0.25) is 9.97 Å². The van der Waals surface area contributed by atoms with Crippen molar-refractivity contribution in [1.82, 2.24) is 15.3 Å². The van der Waals surface area contributed by atoms with E-state index in [1.54, 1.807) is 12.4 Å². The monoisotopic (exact) mass is 251 g/mol. The van der Waals surface area contributed by atoms with E-state index in [2.05, 4.69) is 39.6 Å². The average Bonchev–Trinajstić information content (AvgIpc) is 2.46. The first kappa shape index (κ1) is 11.1. The van der Waals surface area contributed by atoms with E-state index in [0.717, 1.165) is 23.5 Å². The summed E-state index contributed by atoms with van der Waals surface area (Å²) in [6, 6.07) is 6.46. The van der Waals surface area contributed by atoms with Crippen molar-refractivity contribution >= 4 is 16.6 Å². The molecule has 2 heterocycles. The third kappa shape index (κ3) is 2.04.